The van der Waals surface area contributed by atoms with Crippen molar-refractivity contribution in [3.8, 4) is 0 Å². The summed E-state index contributed by atoms with van der Waals surface area (Å²) in [4.78, 5) is 2.42. The summed E-state index contributed by atoms with van der Waals surface area (Å²) in [7, 11) is 0. The maximum atomic E-state index is 9.51. The highest BCUT2D eigenvalue weighted by atomic mass is 79.9. The molecule has 1 aliphatic rings. The molecule has 1 saturated heterocycles. The standard InChI is InChI=1S/C11H16BrNOS/c1-8(14)10-2-3-13(6-10)5-9-4-11(12)15-7-9/h4,7-8,10,14H,2-3,5-6H2,1H3. The summed E-state index contributed by atoms with van der Waals surface area (Å²) in [6.45, 7) is 5.06. The van der Waals surface area contributed by atoms with Gasteiger partial charge in [-0.05, 0) is 58.7 Å². The monoisotopic (exact) mass is 289 g/mol. The Hall–Kier alpha value is 0.100. The molecule has 2 rings (SSSR count). The van der Waals surface area contributed by atoms with Crippen molar-refractivity contribution < 1.29 is 5.11 Å². The van der Waals surface area contributed by atoms with E-state index >= 15 is 0 Å². The molecular formula is C11H16BrNOS. The molecule has 1 aromatic rings. The average molecular weight is 290 g/mol. The van der Waals surface area contributed by atoms with Gasteiger partial charge in [0.1, 0.15) is 0 Å². The molecule has 1 N–H and O–H groups in total. The minimum Gasteiger partial charge on any atom is -0.393 e. The number of aliphatic hydroxyl groups is 1. The van der Waals surface area contributed by atoms with Crippen LogP contribution in [0.5, 0.6) is 0 Å². The van der Waals surface area contributed by atoms with E-state index in [1.165, 1.54) is 9.35 Å². The predicted octanol–water partition coefficient (Wildman–Crippen LogP) is 2.71. The number of thiophene rings is 1. The van der Waals surface area contributed by atoms with Crippen molar-refractivity contribution in [3.63, 3.8) is 0 Å². The van der Waals surface area contributed by atoms with Gasteiger partial charge in [0, 0.05) is 13.1 Å². The quantitative estimate of drug-likeness (QED) is 0.925. The van der Waals surface area contributed by atoms with Gasteiger partial charge in [0.2, 0.25) is 0 Å². The summed E-state index contributed by atoms with van der Waals surface area (Å²) in [5, 5.41) is 11.7. The summed E-state index contributed by atoms with van der Waals surface area (Å²) >= 11 is 5.21. The van der Waals surface area contributed by atoms with Crippen LogP contribution < -0.4 is 0 Å². The van der Waals surface area contributed by atoms with E-state index in [-0.39, 0.29) is 6.10 Å². The third kappa shape index (κ3) is 3.03. The molecule has 2 atom stereocenters. The van der Waals surface area contributed by atoms with Crippen molar-refractivity contribution in [2.45, 2.75) is 26.0 Å². The van der Waals surface area contributed by atoms with Gasteiger partial charge in [-0.25, -0.2) is 0 Å². The summed E-state index contributed by atoms with van der Waals surface area (Å²) in [6.07, 6.45) is 0.965. The van der Waals surface area contributed by atoms with Gasteiger partial charge in [-0.3, -0.25) is 4.90 Å². The summed E-state index contributed by atoms with van der Waals surface area (Å²) < 4.78 is 1.20. The lowest BCUT2D eigenvalue weighted by Gasteiger charge is -2.16. The number of rotatable bonds is 3. The van der Waals surface area contributed by atoms with Crippen molar-refractivity contribution in [1.82, 2.24) is 4.90 Å². The Morgan fingerprint density at radius 2 is 2.53 bits per heavy atom. The van der Waals surface area contributed by atoms with E-state index < -0.39 is 0 Å². The third-order valence-corrected chi connectivity index (χ3v) is 4.57. The Morgan fingerprint density at radius 1 is 1.73 bits per heavy atom. The number of likely N-dealkylation sites (tertiary alicyclic amines) is 1. The van der Waals surface area contributed by atoms with Crippen LogP contribution in [0.3, 0.4) is 0 Å². The van der Waals surface area contributed by atoms with Crippen molar-refractivity contribution in [1.29, 1.82) is 0 Å². The molecule has 0 bridgehead atoms. The highest BCUT2D eigenvalue weighted by molar-refractivity contribution is 9.11. The lowest BCUT2D eigenvalue weighted by molar-refractivity contribution is 0.127. The Morgan fingerprint density at radius 3 is 3.07 bits per heavy atom. The maximum Gasteiger partial charge on any atom is 0.0701 e. The molecule has 1 aliphatic heterocycles. The lowest BCUT2D eigenvalue weighted by atomic mass is 10.0. The Labute approximate surface area is 103 Å². The van der Waals surface area contributed by atoms with Crippen LogP contribution in [0.1, 0.15) is 18.9 Å². The number of halogens is 1. The van der Waals surface area contributed by atoms with Crippen LogP contribution in [0.4, 0.5) is 0 Å². The second kappa shape index (κ2) is 4.95. The van der Waals surface area contributed by atoms with Crippen molar-refractivity contribution in [3.05, 3.63) is 20.8 Å². The van der Waals surface area contributed by atoms with Gasteiger partial charge in [-0.1, -0.05) is 0 Å². The van der Waals surface area contributed by atoms with Gasteiger partial charge >= 0.3 is 0 Å². The Kier molecular flexibility index (Phi) is 3.83. The van der Waals surface area contributed by atoms with E-state index in [0.29, 0.717) is 5.92 Å². The zero-order chi connectivity index (χ0) is 10.8. The normalized spacial score (nSPS) is 24.6. The lowest BCUT2D eigenvalue weighted by Crippen LogP contribution is -2.23. The summed E-state index contributed by atoms with van der Waals surface area (Å²) in [6, 6.07) is 2.18. The molecule has 2 unspecified atom stereocenters. The van der Waals surface area contributed by atoms with Crippen molar-refractivity contribution in [2.75, 3.05) is 13.1 Å². The number of nitrogens with zero attached hydrogens (tertiary/aromatic N) is 1. The Balaban J connectivity index is 1.87. The molecule has 15 heavy (non-hydrogen) atoms. The topological polar surface area (TPSA) is 23.5 Å². The first kappa shape index (κ1) is 11.6. The maximum absolute atomic E-state index is 9.51. The summed E-state index contributed by atoms with van der Waals surface area (Å²) in [5.74, 6) is 0.465. The van der Waals surface area contributed by atoms with E-state index in [1.807, 2.05) is 6.92 Å². The van der Waals surface area contributed by atoms with Gasteiger partial charge < -0.3 is 5.11 Å². The first-order valence-corrected chi connectivity index (χ1v) is 6.96. The van der Waals surface area contributed by atoms with Crippen LogP contribution in [0.25, 0.3) is 0 Å². The Bertz CT molecular complexity index is 326. The number of aliphatic hydroxyl groups excluding tert-OH is 1. The fourth-order valence-electron chi connectivity index (χ4n) is 2.09. The molecule has 0 saturated carbocycles. The highest BCUT2D eigenvalue weighted by Crippen LogP contribution is 2.25. The fraction of sp³-hybridized carbons (Fsp3) is 0.636. The van der Waals surface area contributed by atoms with Gasteiger partial charge in [0.15, 0.2) is 0 Å². The molecule has 1 aromatic heterocycles. The molecule has 4 heteroatoms. The van der Waals surface area contributed by atoms with Gasteiger partial charge in [-0.15, -0.1) is 11.3 Å². The molecule has 0 aliphatic carbocycles. The van der Waals surface area contributed by atoms with E-state index in [4.69, 9.17) is 0 Å². The van der Waals surface area contributed by atoms with Crippen LogP contribution in [-0.2, 0) is 6.54 Å². The molecule has 84 valence electrons. The van der Waals surface area contributed by atoms with Crippen LogP contribution >= 0.6 is 27.3 Å². The van der Waals surface area contributed by atoms with E-state index in [1.54, 1.807) is 11.3 Å². The van der Waals surface area contributed by atoms with Crippen molar-refractivity contribution >= 4 is 27.3 Å². The number of hydrogen-bond acceptors (Lipinski definition) is 3. The molecule has 2 heterocycles. The van der Waals surface area contributed by atoms with Gasteiger partial charge in [-0.2, -0.15) is 0 Å². The minimum atomic E-state index is -0.163. The zero-order valence-corrected chi connectivity index (χ0v) is 11.2. The zero-order valence-electron chi connectivity index (χ0n) is 8.82. The predicted molar refractivity (Wildman–Crippen MR) is 67.1 cm³/mol. The van der Waals surface area contributed by atoms with E-state index in [2.05, 4.69) is 32.3 Å². The molecule has 1 fully saturated rings. The average Bonchev–Trinajstić information content (AvgIpc) is 2.76. The minimum absolute atomic E-state index is 0.163. The summed E-state index contributed by atoms with van der Waals surface area (Å²) in [5.41, 5.74) is 1.37. The van der Waals surface area contributed by atoms with Gasteiger partial charge in [0.05, 0.1) is 9.89 Å². The van der Waals surface area contributed by atoms with Crippen molar-refractivity contribution in [2.24, 2.45) is 5.92 Å². The highest BCUT2D eigenvalue weighted by Gasteiger charge is 2.25. The SMILES string of the molecule is CC(O)C1CCN(Cc2csc(Br)c2)C1. The van der Waals surface area contributed by atoms with Crippen LogP contribution in [0.2, 0.25) is 0 Å². The smallest absolute Gasteiger partial charge is 0.0701 e. The largest absolute Gasteiger partial charge is 0.393 e. The molecular weight excluding hydrogens is 274 g/mol. The fourth-order valence-corrected chi connectivity index (χ4v) is 3.29. The molecule has 0 spiro atoms. The molecule has 0 radical (unpaired) electrons. The number of hydrogen-bond donors (Lipinski definition) is 1. The van der Waals surface area contributed by atoms with Gasteiger partial charge in [0.25, 0.3) is 0 Å². The second-order valence-corrected chi connectivity index (χ2v) is 6.57. The van der Waals surface area contributed by atoms with E-state index in [9.17, 15) is 5.11 Å². The third-order valence-electron chi connectivity index (χ3n) is 3.02. The molecule has 0 aromatic carbocycles. The molecule has 0 amide bonds. The first-order valence-electron chi connectivity index (χ1n) is 5.28. The van der Waals surface area contributed by atoms with Crippen LogP contribution in [0, 0.1) is 5.92 Å². The van der Waals surface area contributed by atoms with E-state index in [0.717, 1.165) is 26.1 Å². The molecule has 2 nitrogen and oxygen atoms in total. The first-order chi connectivity index (χ1) is 7.15. The van der Waals surface area contributed by atoms with Crippen LogP contribution in [0.15, 0.2) is 15.2 Å². The van der Waals surface area contributed by atoms with Crippen LogP contribution in [-0.4, -0.2) is 29.2 Å². The second-order valence-electron chi connectivity index (χ2n) is 4.28.